The number of nitrogens with zero attached hydrogens (tertiary/aromatic N) is 1. The van der Waals surface area contributed by atoms with Gasteiger partial charge in [0.15, 0.2) is 5.82 Å². The van der Waals surface area contributed by atoms with E-state index in [-0.39, 0.29) is 11.7 Å². The molecule has 156 valence electrons. The van der Waals surface area contributed by atoms with Crippen LogP contribution in [0.15, 0.2) is 78.8 Å². The molecule has 0 spiro atoms. The van der Waals surface area contributed by atoms with Crippen molar-refractivity contribution in [1.82, 2.24) is 20.6 Å². The van der Waals surface area contributed by atoms with E-state index in [1.165, 1.54) is 0 Å². The Kier molecular flexibility index (Phi) is 6.47. The summed E-state index contributed by atoms with van der Waals surface area (Å²) >= 11 is 18.4. The second-order valence-electron chi connectivity index (χ2n) is 6.75. The predicted octanol–water partition coefficient (Wildman–Crippen LogP) is 5.87. The molecule has 0 unspecified atom stereocenters. The maximum absolute atomic E-state index is 12.8. The SMILES string of the molecule is O=C(NC1=CC=CC=CN1)c1nc(-c2ccc(Cl)cc2)c(Cc2ccc(Cl)cc2Cl)[nH]1. The number of imidazole rings is 1. The Morgan fingerprint density at radius 1 is 0.968 bits per heavy atom. The molecular formula is C23H17Cl3N4O. The average molecular weight is 472 g/mol. The number of carbonyl (C=O) groups excluding carboxylic acids is 1. The molecule has 1 amide bonds. The average Bonchev–Trinajstić information content (AvgIpc) is 2.99. The lowest BCUT2D eigenvalue weighted by atomic mass is 10.0. The highest BCUT2D eigenvalue weighted by Crippen LogP contribution is 2.28. The molecule has 0 fully saturated rings. The van der Waals surface area contributed by atoms with Gasteiger partial charge in [0.25, 0.3) is 5.91 Å². The monoisotopic (exact) mass is 470 g/mol. The van der Waals surface area contributed by atoms with Gasteiger partial charge in [-0.2, -0.15) is 0 Å². The van der Waals surface area contributed by atoms with Crippen LogP contribution in [0.5, 0.6) is 0 Å². The Morgan fingerprint density at radius 2 is 1.74 bits per heavy atom. The minimum atomic E-state index is -0.369. The molecule has 0 aliphatic carbocycles. The van der Waals surface area contributed by atoms with Crippen LogP contribution in [0.1, 0.15) is 21.9 Å². The molecule has 3 aromatic rings. The van der Waals surface area contributed by atoms with E-state index in [4.69, 9.17) is 34.8 Å². The topological polar surface area (TPSA) is 69.8 Å². The van der Waals surface area contributed by atoms with Crippen molar-refractivity contribution in [3.63, 3.8) is 0 Å². The molecule has 0 atom stereocenters. The van der Waals surface area contributed by atoms with Crippen molar-refractivity contribution in [3.8, 4) is 11.3 Å². The number of H-pyrrole nitrogens is 1. The van der Waals surface area contributed by atoms with Crippen LogP contribution < -0.4 is 10.6 Å². The van der Waals surface area contributed by atoms with E-state index in [0.717, 1.165) is 16.8 Å². The summed E-state index contributed by atoms with van der Waals surface area (Å²) in [5, 5.41) is 7.52. The van der Waals surface area contributed by atoms with Crippen molar-refractivity contribution in [3.05, 3.63) is 111 Å². The second-order valence-corrected chi connectivity index (χ2v) is 8.03. The summed E-state index contributed by atoms with van der Waals surface area (Å²) in [6, 6.07) is 12.6. The van der Waals surface area contributed by atoms with E-state index in [0.29, 0.717) is 33.0 Å². The number of benzene rings is 2. The summed E-state index contributed by atoms with van der Waals surface area (Å²) in [5.41, 5.74) is 3.09. The molecule has 8 heteroatoms. The third kappa shape index (κ3) is 5.20. The van der Waals surface area contributed by atoms with Crippen molar-refractivity contribution in [2.24, 2.45) is 0 Å². The summed E-state index contributed by atoms with van der Waals surface area (Å²) in [6.45, 7) is 0. The van der Waals surface area contributed by atoms with E-state index in [1.54, 1.807) is 36.5 Å². The van der Waals surface area contributed by atoms with Crippen LogP contribution in [0.3, 0.4) is 0 Å². The summed E-state index contributed by atoms with van der Waals surface area (Å²) in [6.07, 6.45) is 9.43. The molecule has 1 aliphatic heterocycles. The first-order valence-electron chi connectivity index (χ1n) is 9.40. The molecular weight excluding hydrogens is 455 g/mol. The van der Waals surface area contributed by atoms with Crippen LogP contribution in [0.4, 0.5) is 0 Å². The summed E-state index contributed by atoms with van der Waals surface area (Å²) in [5.74, 6) is 0.359. The number of aromatic amines is 1. The number of amides is 1. The standard InChI is InChI=1S/C23H17Cl3N4O/c24-16-8-5-14(6-9-16)21-19(12-15-7-10-17(25)13-18(15)26)28-22(30-21)23(31)29-20-4-2-1-3-11-27-20/h1-11,13,27H,12H2,(H,28,30)(H,29,31). The highest BCUT2D eigenvalue weighted by atomic mass is 35.5. The first-order chi connectivity index (χ1) is 15.0. The second kappa shape index (κ2) is 9.43. The number of carbonyl (C=O) groups is 1. The van der Waals surface area contributed by atoms with Crippen molar-refractivity contribution in [2.75, 3.05) is 0 Å². The number of aromatic nitrogens is 2. The van der Waals surface area contributed by atoms with E-state index >= 15 is 0 Å². The first-order valence-corrected chi connectivity index (χ1v) is 10.5. The van der Waals surface area contributed by atoms with Gasteiger partial charge in [0.1, 0.15) is 5.82 Å². The minimum Gasteiger partial charge on any atom is -0.348 e. The van der Waals surface area contributed by atoms with Gasteiger partial charge in [0, 0.05) is 38.9 Å². The van der Waals surface area contributed by atoms with Crippen LogP contribution in [0, 0.1) is 0 Å². The molecule has 0 saturated heterocycles. The summed E-state index contributed by atoms with van der Waals surface area (Å²) in [4.78, 5) is 20.6. The number of halogens is 3. The van der Waals surface area contributed by atoms with Crippen molar-refractivity contribution in [1.29, 1.82) is 0 Å². The highest BCUT2D eigenvalue weighted by Gasteiger charge is 2.19. The van der Waals surface area contributed by atoms with E-state index in [1.807, 2.05) is 36.4 Å². The lowest BCUT2D eigenvalue weighted by molar-refractivity contribution is 0.0954. The number of nitrogens with one attached hydrogen (secondary N) is 3. The zero-order valence-corrected chi connectivity index (χ0v) is 18.4. The Bertz CT molecular complexity index is 1210. The van der Waals surface area contributed by atoms with Crippen LogP contribution in [0.25, 0.3) is 11.3 Å². The smallest absolute Gasteiger partial charge is 0.292 e. The van der Waals surface area contributed by atoms with Gasteiger partial charge in [-0.25, -0.2) is 4.98 Å². The third-order valence-electron chi connectivity index (χ3n) is 4.56. The fourth-order valence-electron chi connectivity index (χ4n) is 3.06. The van der Waals surface area contributed by atoms with Gasteiger partial charge >= 0.3 is 0 Å². The van der Waals surface area contributed by atoms with Gasteiger partial charge in [0.2, 0.25) is 0 Å². The normalized spacial score (nSPS) is 12.8. The van der Waals surface area contributed by atoms with Crippen molar-refractivity contribution in [2.45, 2.75) is 6.42 Å². The molecule has 1 aromatic heterocycles. The molecule has 4 rings (SSSR count). The predicted molar refractivity (Wildman–Crippen MR) is 125 cm³/mol. The van der Waals surface area contributed by atoms with E-state index in [2.05, 4.69) is 20.6 Å². The maximum Gasteiger partial charge on any atom is 0.292 e. The van der Waals surface area contributed by atoms with Crippen molar-refractivity contribution >= 4 is 40.7 Å². The van der Waals surface area contributed by atoms with Gasteiger partial charge in [-0.05, 0) is 42.0 Å². The molecule has 0 saturated carbocycles. The zero-order valence-electron chi connectivity index (χ0n) is 16.1. The lowest BCUT2D eigenvalue weighted by Gasteiger charge is -2.07. The molecule has 0 bridgehead atoms. The van der Waals surface area contributed by atoms with Gasteiger partial charge in [-0.3, -0.25) is 4.79 Å². The fraction of sp³-hybridized carbons (Fsp3) is 0.0435. The fourth-order valence-corrected chi connectivity index (χ4v) is 3.66. The number of hydrogen-bond donors (Lipinski definition) is 3. The van der Waals surface area contributed by atoms with Gasteiger partial charge in [-0.1, -0.05) is 65.2 Å². The molecule has 31 heavy (non-hydrogen) atoms. The molecule has 5 nitrogen and oxygen atoms in total. The Hall–Kier alpha value is -2.99. The van der Waals surface area contributed by atoms with Gasteiger partial charge in [-0.15, -0.1) is 0 Å². The number of allylic oxidation sites excluding steroid dienone is 4. The Balaban J connectivity index is 1.68. The largest absolute Gasteiger partial charge is 0.348 e. The molecule has 1 aliphatic rings. The number of rotatable bonds is 5. The molecule has 0 radical (unpaired) electrons. The van der Waals surface area contributed by atoms with Crippen LogP contribution in [-0.4, -0.2) is 15.9 Å². The Morgan fingerprint density at radius 3 is 2.52 bits per heavy atom. The summed E-state index contributed by atoms with van der Waals surface area (Å²) in [7, 11) is 0. The maximum atomic E-state index is 12.8. The van der Waals surface area contributed by atoms with Crippen LogP contribution >= 0.6 is 34.8 Å². The zero-order chi connectivity index (χ0) is 21.8. The third-order valence-corrected chi connectivity index (χ3v) is 5.40. The quantitative estimate of drug-likeness (QED) is 0.436. The van der Waals surface area contributed by atoms with Gasteiger partial charge < -0.3 is 15.6 Å². The summed E-state index contributed by atoms with van der Waals surface area (Å²) < 4.78 is 0. The van der Waals surface area contributed by atoms with E-state index < -0.39 is 0 Å². The number of hydrogen-bond acceptors (Lipinski definition) is 3. The first kappa shape index (κ1) is 21.2. The van der Waals surface area contributed by atoms with Crippen LogP contribution in [0.2, 0.25) is 15.1 Å². The van der Waals surface area contributed by atoms with Crippen molar-refractivity contribution < 1.29 is 4.79 Å². The van der Waals surface area contributed by atoms with Gasteiger partial charge in [0.05, 0.1) is 5.69 Å². The molecule has 3 N–H and O–H groups in total. The lowest BCUT2D eigenvalue weighted by Crippen LogP contribution is -2.29. The highest BCUT2D eigenvalue weighted by molar-refractivity contribution is 6.35. The molecule has 2 heterocycles. The van der Waals surface area contributed by atoms with Crippen LogP contribution in [-0.2, 0) is 6.42 Å². The van der Waals surface area contributed by atoms with E-state index in [9.17, 15) is 4.79 Å². The molecule has 2 aromatic carbocycles. The Labute approximate surface area is 194 Å². The minimum absolute atomic E-state index is 0.185.